The SMILES string of the molecule is Cc1ccccc1-c1nc2c(Br)cccn2c1I. The fourth-order valence-corrected chi connectivity index (χ4v) is 3.25. The van der Waals surface area contributed by atoms with Crippen LogP contribution in [0.25, 0.3) is 16.9 Å². The molecule has 3 rings (SSSR count). The lowest BCUT2D eigenvalue weighted by Crippen LogP contribution is -1.88. The van der Waals surface area contributed by atoms with Crippen LogP contribution in [0.3, 0.4) is 0 Å². The molecule has 0 N–H and O–H groups in total. The lowest BCUT2D eigenvalue weighted by atomic mass is 10.1. The number of nitrogens with zero attached hydrogens (tertiary/aromatic N) is 2. The van der Waals surface area contributed by atoms with Gasteiger partial charge in [-0.25, -0.2) is 4.98 Å². The monoisotopic (exact) mass is 412 g/mol. The summed E-state index contributed by atoms with van der Waals surface area (Å²) in [5.74, 6) is 0. The molecule has 4 heteroatoms. The van der Waals surface area contributed by atoms with E-state index in [0.717, 1.165) is 19.5 Å². The van der Waals surface area contributed by atoms with Crippen LogP contribution in [0.5, 0.6) is 0 Å². The van der Waals surface area contributed by atoms with E-state index in [1.807, 2.05) is 18.3 Å². The molecule has 2 aromatic heterocycles. The first-order valence-electron chi connectivity index (χ1n) is 5.56. The topological polar surface area (TPSA) is 17.3 Å². The minimum atomic E-state index is 0.958. The third-order valence-corrected chi connectivity index (χ3v) is 4.59. The number of halogens is 2. The number of aryl methyl sites for hydroxylation is 1. The average Bonchev–Trinajstić information content (AvgIpc) is 2.70. The fraction of sp³-hybridized carbons (Fsp3) is 0.0714. The highest BCUT2D eigenvalue weighted by Gasteiger charge is 2.14. The maximum absolute atomic E-state index is 4.75. The van der Waals surface area contributed by atoms with Crippen molar-refractivity contribution < 1.29 is 0 Å². The minimum Gasteiger partial charge on any atom is -0.293 e. The van der Waals surface area contributed by atoms with Crippen molar-refractivity contribution in [3.63, 3.8) is 0 Å². The lowest BCUT2D eigenvalue weighted by molar-refractivity contribution is 1.14. The van der Waals surface area contributed by atoms with Crippen molar-refractivity contribution in [1.29, 1.82) is 0 Å². The number of pyridine rings is 1. The van der Waals surface area contributed by atoms with Crippen molar-refractivity contribution in [2.75, 3.05) is 0 Å². The van der Waals surface area contributed by atoms with Crippen LogP contribution in [0.1, 0.15) is 5.56 Å². The number of aromatic nitrogens is 2. The van der Waals surface area contributed by atoms with Crippen LogP contribution in [-0.4, -0.2) is 9.38 Å². The van der Waals surface area contributed by atoms with E-state index in [9.17, 15) is 0 Å². The molecule has 0 spiro atoms. The number of hydrogen-bond donors (Lipinski definition) is 0. The van der Waals surface area contributed by atoms with Crippen LogP contribution >= 0.6 is 38.5 Å². The lowest BCUT2D eigenvalue weighted by Gasteiger charge is -2.02. The normalized spacial score (nSPS) is 11.1. The van der Waals surface area contributed by atoms with Gasteiger partial charge in [0.05, 0.1) is 4.47 Å². The van der Waals surface area contributed by atoms with E-state index < -0.39 is 0 Å². The average molecular weight is 413 g/mol. The molecular formula is C14H10BrIN2. The van der Waals surface area contributed by atoms with E-state index in [1.165, 1.54) is 11.1 Å². The first kappa shape index (κ1) is 12.2. The zero-order valence-electron chi connectivity index (χ0n) is 9.69. The number of hydrogen-bond acceptors (Lipinski definition) is 1. The molecule has 0 unspecified atom stereocenters. The van der Waals surface area contributed by atoms with Crippen LogP contribution in [-0.2, 0) is 0 Å². The highest BCUT2D eigenvalue weighted by molar-refractivity contribution is 14.1. The van der Waals surface area contributed by atoms with Gasteiger partial charge in [-0.15, -0.1) is 0 Å². The largest absolute Gasteiger partial charge is 0.293 e. The van der Waals surface area contributed by atoms with Crippen molar-refractivity contribution in [2.24, 2.45) is 0 Å². The molecule has 0 atom stereocenters. The first-order chi connectivity index (χ1) is 8.68. The van der Waals surface area contributed by atoms with Crippen LogP contribution in [0.15, 0.2) is 47.1 Å². The van der Waals surface area contributed by atoms with Crippen LogP contribution in [0, 0.1) is 10.6 Å². The highest BCUT2D eigenvalue weighted by Crippen LogP contribution is 2.30. The van der Waals surface area contributed by atoms with Crippen molar-refractivity contribution in [1.82, 2.24) is 9.38 Å². The van der Waals surface area contributed by atoms with Gasteiger partial charge in [0.25, 0.3) is 0 Å². The standard InChI is InChI=1S/C14H10BrIN2/c1-9-5-2-3-6-10(9)12-13(16)18-8-4-7-11(15)14(18)17-12/h2-8H,1H3. The molecule has 0 fully saturated rings. The van der Waals surface area contributed by atoms with Crippen molar-refractivity contribution in [3.8, 4) is 11.3 Å². The summed E-state index contributed by atoms with van der Waals surface area (Å²) in [7, 11) is 0. The van der Waals surface area contributed by atoms with Gasteiger partial charge in [0.15, 0.2) is 5.65 Å². The van der Waals surface area contributed by atoms with Gasteiger partial charge in [0.2, 0.25) is 0 Å². The summed E-state index contributed by atoms with van der Waals surface area (Å²) in [6.45, 7) is 2.12. The van der Waals surface area contributed by atoms with Gasteiger partial charge in [-0.1, -0.05) is 24.3 Å². The Morgan fingerprint density at radius 1 is 1.17 bits per heavy atom. The van der Waals surface area contributed by atoms with Crippen molar-refractivity contribution in [2.45, 2.75) is 6.92 Å². The molecule has 0 saturated heterocycles. The Morgan fingerprint density at radius 2 is 1.94 bits per heavy atom. The molecule has 3 aromatic rings. The predicted octanol–water partition coefficient (Wildman–Crippen LogP) is 4.68. The van der Waals surface area contributed by atoms with Crippen LogP contribution in [0.2, 0.25) is 0 Å². The second-order valence-electron chi connectivity index (χ2n) is 4.12. The molecule has 2 nitrogen and oxygen atoms in total. The van der Waals surface area contributed by atoms with Gasteiger partial charge < -0.3 is 0 Å². The smallest absolute Gasteiger partial charge is 0.152 e. The number of benzene rings is 1. The van der Waals surface area contributed by atoms with Gasteiger partial charge in [0, 0.05) is 11.8 Å². The molecule has 0 saturated carbocycles. The minimum absolute atomic E-state index is 0.958. The predicted molar refractivity (Wildman–Crippen MR) is 85.8 cm³/mol. The Morgan fingerprint density at radius 3 is 2.67 bits per heavy atom. The molecule has 0 bridgehead atoms. The second kappa shape index (κ2) is 4.66. The quantitative estimate of drug-likeness (QED) is 0.530. The second-order valence-corrected chi connectivity index (χ2v) is 5.99. The highest BCUT2D eigenvalue weighted by atomic mass is 127. The van der Waals surface area contributed by atoms with Gasteiger partial charge >= 0.3 is 0 Å². The number of imidazole rings is 1. The summed E-state index contributed by atoms with van der Waals surface area (Å²) in [6.07, 6.45) is 2.04. The van der Waals surface area contributed by atoms with Crippen LogP contribution < -0.4 is 0 Å². The zero-order chi connectivity index (χ0) is 12.7. The zero-order valence-corrected chi connectivity index (χ0v) is 13.4. The maximum Gasteiger partial charge on any atom is 0.152 e. The number of rotatable bonds is 1. The van der Waals surface area contributed by atoms with Crippen molar-refractivity contribution >= 4 is 44.2 Å². The molecule has 0 aliphatic heterocycles. The fourth-order valence-electron chi connectivity index (χ4n) is 2.02. The Labute approximate surface area is 127 Å². The molecule has 0 aliphatic carbocycles. The van der Waals surface area contributed by atoms with Gasteiger partial charge in [-0.2, -0.15) is 0 Å². The summed E-state index contributed by atoms with van der Waals surface area (Å²) >= 11 is 5.90. The molecule has 0 radical (unpaired) electrons. The molecule has 1 aromatic carbocycles. The summed E-state index contributed by atoms with van der Waals surface area (Å²) in [5, 5.41) is 0. The Kier molecular flexibility index (Phi) is 3.15. The summed E-state index contributed by atoms with van der Waals surface area (Å²) in [4.78, 5) is 4.75. The van der Waals surface area contributed by atoms with Gasteiger partial charge in [0.1, 0.15) is 9.39 Å². The van der Waals surface area contributed by atoms with E-state index in [4.69, 9.17) is 4.98 Å². The Bertz CT molecular complexity index is 734. The Balaban J connectivity index is 2.35. The van der Waals surface area contributed by atoms with E-state index in [0.29, 0.717) is 0 Å². The molecular weight excluding hydrogens is 403 g/mol. The van der Waals surface area contributed by atoms with E-state index >= 15 is 0 Å². The summed E-state index contributed by atoms with van der Waals surface area (Å²) in [6, 6.07) is 12.4. The first-order valence-corrected chi connectivity index (χ1v) is 7.44. The van der Waals surface area contributed by atoms with E-state index in [-0.39, 0.29) is 0 Å². The summed E-state index contributed by atoms with van der Waals surface area (Å²) in [5.41, 5.74) is 4.44. The van der Waals surface area contributed by atoms with Crippen LogP contribution in [0.4, 0.5) is 0 Å². The van der Waals surface area contributed by atoms with Gasteiger partial charge in [-0.05, 0) is 63.1 Å². The van der Waals surface area contributed by atoms with Gasteiger partial charge in [-0.3, -0.25) is 4.40 Å². The Hall–Kier alpha value is -0.880. The third kappa shape index (κ3) is 1.87. The number of fused-ring (bicyclic) bond motifs is 1. The molecule has 2 heterocycles. The van der Waals surface area contributed by atoms with E-state index in [2.05, 4.69) is 74.1 Å². The molecule has 0 amide bonds. The van der Waals surface area contributed by atoms with E-state index in [1.54, 1.807) is 0 Å². The third-order valence-electron chi connectivity index (χ3n) is 2.94. The summed E-state index contributed by atoms with van der Waals surface area (Å²) < 4.78 is 4.26. The maximum atomic E-state index is 4.75. The van der Waals surface area contributed by atoms with Crippen molar-refractivity contribution in [3.05, 3.63) is 56.3 Å². The molecule has 18 heavy (non-hydrogen) atoms. The molecule has 90 valence electrons. The molecule has 0 aliphatic rings.